The fraction of sp³-hybridized carbons (Fsp3) is 0.263. The van der Waals surface area contributed by atoms with Crippen LogP contribution in [0, 0.1) is 0 Å². The Morgan fingerprint density at radius 3 is 2.52 bits per heavy atom. The van der Waals surface area contributed by atoms with Gasteiger partial charge < -0.3 is 9.97 Å². The minimum atomic E-state index is 0.560. The maximum absolute atomic E-state index is 4.60. The molecular formula is C19H24N4. The quantitative estimate of drug-likeness (QED) is 0.565. The predicted molar refractivity (Wildman–Crippen MR) is 98.4 cm³/mol. The second kappa shape index (κ2) is 8.73. The summed E-state index contributed by atoms with van der Waals surface area (Å²) >= 11 is 0. The Hall–Kier alpha value is -2.62. The minimum absolute atomic E-state index is 0.560. The molecule has 4 nitrogen and oxygen atoms in total. The molecule has 4 heteroatoms. The van der Waals surface area contributed by atoms with Crippen LogP contribution in [0.3, 0.4) is 0 Å². The van der Waals surface area contributed by atoms with E-state index in [1.807, 2.05) is 43.0 Å². The molecule has 0 aromatic carbocycles. The minimum Gasteiger partial charge on any atom is -0.365 e. The zero-order valence-corrected chi connectivity index (χ0v) is 14.0. The van der Waals surface area contributed by atoms with Crippen LogP contribution in [0.4, 0.5) is 0 Å². The Labute approximate surface area is 137 Å². The summed E-state index contributed by atoms with van der Waals surface area (Å²) in [5.41, 5.74) is 5.63. The van der Waals surface area contributed by atoms with Gasteiger partial charge in [0, 0.05) is 36.9 Å². The normalized spacial score (nSPS) is 12.4. The van der Waals surface area contributed by atoms with E-state index in [0.717, 1.165) is 23.5 Å². The Morgan fingerprint density at radius 1 is 1.09 bits per heavy atom. The molecule has 120 valence electrons. The van der Waals surface area contributed by atoms with Gasteiger partial charge in [-0.25, -0.2) is 0 Å². The van der Waals surface area contributed by atoms with E-state index in [2.05, 4.69) is 52.9 Å². The first-order valence-electron chi connectivity index (χ1n) is 7.78. The van der Waals surface area contributed by atoms with Crippen LogP contribution in [0.1, 0.15) is 32.2 Å². The number of rotatable bonds is 7. The first-order chi connectivity index (χ1) is 11.1. The Bertz CT molecular complexity index is 695. The summed E-state index contributed by atoms with van der Waals surface area (Å²) in [6.45, 7) is 6.87. The number of aliphatic imine (C=N–C) groups is 2. The van der Waals surface area contributed by atoms with E-state index >= 15 is 0 Å². The molecule has 0 radical (unpaired) electrons. The van der Waals surface area contributed by atoms with Crippen LogP contribution in [0.5, 0.6) is 0 Å². The third kappa shape index (κ3) is 5.94. The Morgan fingerprint density at radius 2 is 1.87 bits per heavy atom. The van der Waals surface area contributed by atoms with E-state index in [9.17, 15) is 0 Å². The molecular weight excluding hydrogens is 284 g/mol. The molecule has 2 rings (SSSR count). The van der Waals surface area contributed by atoms with E-state index in [4.69, 9.17) is 0 Å². The zero-order chi connectivity index (χ0) is 16.5. The molecule has 0 aliphatic rings. The van der Waals surface area contributed by atoms with Crippen LogP contribution < -0.4 is 0 Å². The molecule has 2 N–H and O–H groups in total. The van der Waals surface area contributed by atoms with Gasteiger partial charge in [0.05, 0.1) is 17.9 Å². The second-order valence-corrected chi connectivity index (χ2v) is 5.63. The van der Waals surface area contributed by atoms with Crippen LogP contribution in [0.25, 0.3) is 0 Å². The standard InChI is InChI=1S/C19H24N4/c1-15(2)16(3)12-19(14-20-13-18-7-5-10-22-18)23-11-8-17-6-4-9-21-17/h4-7,9-13,21-22H,8,14H2,1-3H3/b19-12+,20-13?,23-11?. The predicted octanol–water partition coefficient (Wildman–Crippen LogP) is 4.32. The molecule has 0 aliphatic heterocycles. The highest BCUT2D eigenvalue weighted by Gasteiger charge is 1.96. The summed E-state index contributed by atoms with van der Waals surface area (Å²) in [4.78, 5) is 15.4. The topological polar surface area (TPSA) is 56.3 Å². The third-order valence-electron chi connectivity index (χ3n) is 3.51. The zero-order valence-electron chi connectivity index (χ0n) is 14.0. The van der Waals surface area contributed by atoms with Gasteiger partial charge in [0.25, 0.3) is 0 Å². The molecule has 0 amide bonds. The number of allylic oxidation sites excluding steroid dienone is 3. The Balaban J connectivity index is 2.05. The van der Waals surface area contributed by atoms with Gasteiger partial charge in [-0.2, -0.15) is 0 Å². The summed E-state index contributed by atoms with van der Waals surface area (Å²) in [7, 11) is 0. The van der Waals surface area contributed by atoms with E-state index in [0.29, 0.717) is 6.54 Å². The van der Waals surface area contributed by atoms with E-state index in [-0.39, 0.29) is 0 Å². The molecule has 0 bridgehead atoms. The summed E-state index contributed by atoms with van der Waals surface area (Å²) < 4.78 is 0. The van der Waals surface area contributed by atoms with Crippen molar-refractivity contribution in [3.63, 3.8) is 0 Å². The van der Waals surface area contributed by atoms with Crippen molar-refractivity contribution in [3.8, 4) is 0 Å². The highest BCUT2D eigenvalue weighted by atomic mass is 14.8. The fourth-order valence-corrected chi connectivity index (χ4v) is 1.94. The first kappa shape index (κ1) is 16.7. The summed E-state index contributed by atoms with van der Waals surface area (Å²) in [6.07, 6.45) is 10.5. The number of hydrogen-bond donors (Lipinski definition) is 2. The molecule has 0 saturated carbocycles. The highest BCUT2D eigenvalue weighted by molar-refractivity contribution is 5.77. The van der Waals surface area contributed by atoms with Gasteiger partial charge in [-0.05, 0) is 51.1 Å². The van der Waals surface area contributed by atoms with E-state index < -0.39 is 0 Å². The number of nitrogens with zero attached hydrogens (tertiary/aromatic N) is 2. The molecule has 0 aliphatic carbocycles. The molecule has 2 aromatic heterocycles. The van der Waals surface area contributed by atoms with Crippen LogP contribution >= 0.6 is 0 Å². The fourth-order valence-electron chi connectivity index (χ4n) is 1.94. The van der Waals surface area contributed by atoms with Crippen molar-refractivity contribution in [3.05, 3.63) is 71.0 Å². The largest absolute Gasteiger partial charge is 0.365 e. The molecule has 2 heterocycles. The molecule has 0 spiro atoms. The number of aromatic nitrogens is 2. The van der Waals surface area contributed by atoms with E-state index in [1.54, 1.807) is 0 Å². The van der Waals surface area contributed by atoms with Crippen molar-refractivity contribution in [2.75, 3.05) is 6.54 Å². The average Bonchev–Trinajstić information content (AvgIpc) is 3.20. The van der Waals surface area contributed by atoms with Gasteiger partial charge in [-0.15, -0.1) is 0 Å². The van der Waals surface area contributed by atoms with Gasteiger partial charge >= 0.3 is 0 Å². The van der Waals surface area contributed by atoms with Gasteiger partial charge in [-0.3, -0.25) is 9.98 Å². The lowest BCUT2D eigenvalue weighted by atomic mass is 10.1. The van der Waals surface area contributed by atoms with Gasteiger partial charge in [-0.1, -0.05) is 11.1 Å². The van der Waals surface area contributed by atoms with Crippen molar-refractivity contribution in [2.45, 2.75) is 27.2 Å². The van der Waals surface area contributed by atoms with Crippen LogP contribution in [-0.2, 0) is 6.42 Å². The lowest BCUT2D eigenvalue weighted by Gasteiger charge is -2.01. The van der Waals surface area contributed by atoms with Crippen molar-refractivity contribution < 1.29 is 0 Å². The van der Waals surface area contributed by atoms with Crippen molar-refractivity contribution in [1.29, 1.82) is 0 Å². The van der Waals surface area contributed by atoms with Gasteiger partial charge in [0.2, 0.25) is 0 Å². The third-order valence-corrected chi connectivity index (χ3v) is 3.51. The van der Waals surface area contributed by atoms with Crippen LogP contribution in [0.2, 0.25) is 0 Å². The first-order valence-corrected chi connectivity index (χ1v) is 7.78. The van der Waals surface area contributed by atoms with Crippen molar-refractivity contribution in [1.82, 2.24) is 9.97 Å². The SMILES string of the molecule is CC(C)=C(C)/C=C(\CN=Cc1ccc[nH]1)N=CCc1ccc[nH]1. The van der Waals surface area contributed by atoms with E-state index in [1.165, 1.54) is 11.1 Å². The molecule has 0 unspecified atom stereocenters. The smallest absolute Gasteiger partial charge is 0.0812 e. The molecule has 0 saturated heterocycles. The number of hydrogen-bond acceptors (Lipinski definition) is 2. The molecule has 0 atom stereocenters. The molecule has 23 heavy (non-hydrogen) atoms. The van der Waals surface area contributed by atoms with Crippen LogP contribution in [0.15, 0.2) is 69.6 Å². The van der Waals surface area contributed by atoms with Crippen molar-refractivity contribution >= 4 is 12.4 Å². The summed E-state index contributed by atoms with van der Waals surface area (Å²) in [5, 5.41) is 0. The van der Waals surface area contributed by atoms with Gasteiger partial charge in [0.1, 0.15) is 0 Å². The summed E-state index contributed by atoms with van der Waals surface area (Å²) in [6, 6.07) is 8.00. The van der Waals surface area contributed by atoms with Crippen LogP contribution in [-0.4, -0.2) is 28.9 Å². The summed E-state index contributed by atoms with van der Waals surface area (Å²) in [5.74, 6) is 0. The monoisotopic (exact) mass is 308 g/mol. The number of aromatic amines is 2. The molecule has 2 aromatic rings. The maximum atomic E-state index is 4.60. The maximum Gasteiger partial charge on any atom is 0.0812 e. The number of H-pyrrole nitrogens is 2. The van der Waals surface area contributed by atoms with Crippen molar-refractivity contribution in [2.24, 2.45) is 9.98 Å². The lowest BCUT2D eigenvalue weighted by Crippen LogP contribution is -1.92. The Kier molecular flexibility index (Phi) is 6.36. The average molecular weight is 308 g/mol. The highest BCUT2D eigenvalue weighted by Crippen LogP contribution is 2.09. The van der Waals surface area contributed by atoms with Gasteiger partial charge in [0.15, 0.2) is 0 Å². The number of nitrogens with one attached hydrogen (secondary N) is 2. The molecule has 0 fully saturated rings. The lowest BCUT2D eigenvalue weighted by molar-refractivity contribution is 1.09. The second-order valence-electron chi connectivity index (χ2n) is 5.63.